The summed E-state index contributed by atoms with van der Waals surface area (Å²) in [6, 6.07) is 11.7. The first-order chi connectivity index (χ1) is 15.1. The maximum Gasteiger partial charge on any atom is 0.323 e. The Morgan fingerprint density at radius 1 is 1.03 bits per heavy atom. The molecule has 3 rings (SSSR count). The number of hydrogen-bond donors (Lipinski definition) is 1. The Balaban J connectivity index is 1.85. The van der Waals surface area contributed by atoms with Crippen molar-refractivity contribution in [1.29, 1.82) is 0 Å². The molecular weight excluding hydrogens is 390 g/mol. The predicted octanol–water partition coefficient (Wildman–Crippen LogP) is 5.85. The lowest BCUT2D eigenvalue weighted by molar-refractivity contribution is -0.135. The number of nitrogens with zero attached hydrogens (tertiary/aromatic N) is 3. The molecule has 0 unspecified atom stereocenters. The molecule has 0 atom stereocenters. The molecule has 3 aromatic rings. The summed E-state index contributed by atoms with van der Waals surface area (Å²) in [5, 5.41) is 10.1. The summed E-state index contributed by atoms with van der Waals surface area (Å²) in [5.74, 6) is 0.988. The lowest BCUT2D eigenvalue weighted by Gasteiger charge is -2.18. The number of carboxylic acids is 1. The van der Waals surface area contributed by atoms with Gasteiger partial charge in [-0.3, -0.25) is 9.78 Å². The Labute approximate surface area is 183 Å². The lowest BCUT2D eigenvalue weighted by atomic mass is 10.0. The third-order valence-corrected chi connectivity index (χ3v) is 5.28. The minimum absolute atomic E-state index is 0.136. The highest BCUT2D eigenvalue weighted by molar-refractivity contribution is 5.88. The van der Waals surface area contributed by atoms with Gasteiger partial charge in [0.1, 0.15) is 23.9 Å². The maximum atomic E-state index is 11.1. The van der Waals surface area contributed by atoms with Crippen molar-refractivity contribution in [3.8, 4) is 11.5 Å². The summed E-state index contributed by atoms with van der Waals surface area (Å²) in [6.45, 7) is 2.10. The van der Waals surface area contributed by atoms with Gasteiger partial charge in [-0.2, -0.15) is 0 Å². The molecule has 0 saturated carbocycles. The van der Waals surface area contributed by atoms with Gasteiger partial charge in [0.15, 0.2) is 0 Å². The van der Waals surface area contributed by atoms with Crippen molar-refractivity contribution in [1.82, 2.24) is 9.97 Å². The number of hydrogen-bond acceptors (Lipinski definition) is 5. The number of aromatic nitrogens is 2. The van der Waals surface area contributed by atoms with Crippen molar-refractivity contribution in [3.05, 3.63) is 54.4 Å². The van der Waals surface area contributed by atoms with E-state index < -0.39 is 5.97 Å². The van der Waals surface area contributed by atoms with Gasteiger partial charge in [-0.1, -0.05) is 45.1 Å². The number of carbonyl (C=O) groups is 1. The number of ether oxygens (including phenoxy) is 1. The van der Waals surface area contributed by atoms with Crippen LogP contribution in [0.4, 0.5) is 5.82 Å². The van der Waals surface area contributed by atoms with Crippen LogP contribution in [0.1, 0.15) is 51.0 Å². The third kappa shape index (κ3) is 6.67. The van der Waals surface area contributed by atoms with Crippen LogP contribution in [0.3, 0.4) is 0 Å². The molecule has 2 aromatic heterocycles. The highest BCUT2D eigenvalue weighted by Gasteiger charge is 2.14. The molecule has 0 fully saturated rings. The molecule has 0 spiro atoms. The highest BCUT2D eigenvalue weighted by Crippen LogP contribution is 2.33. The van der Waals surface area contributed by atoms with Crippen molar-refractivity contribution in [3.63, 3.8) is 0 Å². The summed E-state index contributed by atoms with van der Waals surface area (Å²) < 4.78 is 6.16. The smallest absolute Gasteiger partial charge is 0.323 e. The van der Waals surface area contributed by atoms with E-state index in [4.69, 9.17) is 9.84 Å². The fourth-order valence-corrected chi connectivity index (χ4v) is 3.59. The molecule has 6 nitrogen and oxygen atoms in total. The van der Waals surface area contributed by atoms with Gasteiger partial charge >= 0.3 is 5.97 Å². The van der Waals surface area contributed by atoms with Crippen LogP contribution < -0.4 is 9.64 Å². The molecule has 0 amide bonds. The quantitative estimate of drug-likeness (QED) is 0.370. The van der Waals surface area contributed by atoms with E-state index in [2.05, 4.69) is 29.0 Å². The van der Waals surface area contributed by atoms with Gasteiger partial charge in [-0.15, -0.1) is 0 Å². The Bertz CT molecular complexity index is 992. The number of unbranched alkanes of at least 4 members (excludes halogenated alkanes) is 5. The molecule has 2 heterocycles. The number of fused-ring (bicyclic) bond motifs is 1. The van der Waals surface area contributed by atoms with E-state index in [-0.39, 0.29) is 6.54 Å². The molecule has 0 aliphatic heterocycles. The number of pyridine rings is 2. The van der Waals surface area contributed by atoms with Crippen LogP contribution in [-0.2, 0) is 11.2 Å². The van der Waals surface area contributed by atoms with Crippen LogP contribution in [0.2, 0.25) is 0 Å². The van der Waals surface area contributed by atoms with E-state index in [1.165, 1.54) is 44.1 Å². The van der Waals surface area contributed by atoms with Crippen molar-refractivity contribution < 1.29 is 14.6 Å². The zero-order valence-corrected chi connectivity index (χ0v) is 18.4. The molecular formula is C25H31N3O3. The average molecular weight is 422 g/mol. The van der Waals surface area contributed by atoms with E-state index in [9.17, 15) is 4.79 Å². The lowest BCUT2D eigenvalue weighted by Crippen LogP contribution is -2.25. The van der Waals surface area contributed by atoms with Crippen molar-refractivity contribution in [2.45, 2.75) is 51.9 Å². The fourth-order valence-electron chi connectivity index (χ4n) is 3.59. The van der Waals surface area contributed by atoms with E-state index in [1.807, 2.05) is 6.07 Å². The van der Waals surface area contributed by atoms with Gasteiger partial charge in [-0.05, 0) is 42.7 Å². The molecule has 164 valence electrons. The normalized spacial score (nSPS) is 10.9. The summed E-state index contributed by atoms with van der Waals surface area (Å²) in [7, 11) is 1.71. The standard InChI is InChI=1S/C25H31N3O3/c1-3-4-5-6-7-8-9-19-10-11-22-21(16-19)23(31-20-12-14-26-15-13-20)17-24(27-22)28(2)18-25(29)30/h10-17H,3-9,18H2,1-2H3,(H,29,30). The van der Waals surface area contributed by atoms with Gasteiger partial charge in [-0.25, -0.2) is 4.98 Å². The van der Waals surface area contributed by atoms with Gasteiger partial charge in [0.25, 0.3) is 0 Å². The van der Waals surface area contributed by atoms with Crippen LogP contribution in [-0.4, -0.2) is 34.6 Å². The number of likely N-dealkylation sites (N-methyl/N-ethyl adjacent to an activating group) is 1. The zero-order chi connectivity index (χ0) is 22.1. The first-order valence-corrected chi connectivity index (χ1v) is 11.0. The van der Waals surface area contributed by atoms with Crippen LogP contribution in [0.25, 0.3) is 10.9 Å². The first-order valence-electron chi connectivity index (χ1n) is 11.0. The van der Waals surface area contributed by atoms with Crippen molar-refractivity contribution >= 4 is 22.7 Å². The third-order valence-electron chi connectivity index (χ3n) is 5.28. The molecule has 0 aliphatic carbocycles. The monoisotopic (exact) mass is 421 g/mol. The fraction of sp³-hybridized carbons (Fsp3) is 0.400. The molecule has 31 heavy (non-hydrogen) atoms. The zero-order valence-electron chi connectivity index (χ0n) is 18.4. The molecule has 1 aromatic carbocycles. The molecule has 1 N–H and O–H groups in total. The van der Waals surface area contributed by atoms with Gasteiger partial charge in [0.05, 0.1) is 5.52 Å². The number of rotatable bonds is 12. The predicted molar refractivity (Wildman–Crippen MR) is 124 cm³/mol. The number of benzene rings is 1. The Morgan fingerprint density at radius 2 is 1.77 bits per heavy atom. The number of aliphatic carboxylic acids is 1. The van der Waals surface area contributed by atoms with E-state index >= 15 is 0 Å². The Kier molecular flexibility index (Phi) is 8.21. The van der Waals surface area contributed by atoms with Crippen molar-refractivity contribution in [2.24, 2.45) is 0 Å². The highest BCUT2D eigenvalue weighted by atomic mass is 16.5. The van der Waals surface area contributed by atoms with Crippen LogP contribution in [0.5, 0.6) is 11.5 Å². The van der Waals surface area contributed by atoms with Gasteiger partial charge in [0, 0.05) is 30.9 Å². The van der Waals surface area contributed by atoms with E-state index in [1.54, 1.807) is 42.5 Å². The Hall–Kier alpha value is -3.15. The summed E-state index contributed by atoms with van der Waals surface area (Å²) >= 11 is 0. The second-order valence-corrected chi connectivity index (χ2v) is 7.88. The molecule has 0 bridgehead atoms. The number of aryl methyl sites for hydroxylation is 1. The summed E-state index contributed by atoms with van der Waals surface area (Å²) in [5.41, 5.74) is 2.04. The minimum atomic E-state index is -0.907. The minimum Gasteiger partial charge on any atom is -0.480 e. The molecule has 0 saturated heterocycles. The number of carboxylic acid groups (broad SMARTS) is 1. The topological polar surface area (TPSA) is 75.6 Å². The maximum absolute atomic E-state index is 11.1. The van der Waals surface area contributed by atoms with Crippen LogP contribution in [0, 0.1) is 0 Å². The first kappa shape index (κ1) is 22.5. The largest absolute Gasteiger partial charge is 0.480 e. The van der Waals surface area contributed by atoms with E-state index in [0.29, 0.717) is 17.3 Å². The molecule has 0 radical (unpaired) electrons. The summed E-state index contributed by atoms with van der Waals surface area (Å²) in [6.07, 6.45) is 12.0. The molecule has 0 aliphatic rings. The summed E-state index contributed by atoms with van der Waals surface area (Å²) in [4.78, 5) is 21.5. The van der Waals surface area contributed by atoms with Gasteiger partial charge in [0.2, 0.25) is 0 Å². The Morgan fingerprint density at radius 3 is 2.52 bits per heavy atom. The SMILES string of the molecule is CCCCCCCCc1ccc2nc(N(C)CC(=O)O)cc(Oc3ccncc3)c2c1. The average Bonchev–Trinajstić information content (AvgIpc) is 2.76. The van der Waals surface area contributed by atoms with Crippen LogP contribution >= 0.6 is 0 Å². The van der Waals surface area contributed by atoms with Gasteiger partial charge < -0.3 is 14.7 Å². The van der Waals surface area contributed by atoms with Crippen molar-refractivity contribution in [2.75, 3.05) is 18.5 Å². The second kappa shape index (κ2) is 11.3. The molecule has 6 heteroatoms. The number of anilines is 1. The second-order valence-electron chi connectivity index (χ2n) is 7.88. The van der Waals surface area contributed by atoms with Crippen LogP contribution in [0.15, 0.2) is 48.8 Å². The van der Waals surface area contributed by atoms with E-state index in [0.717, 1.165) is 17.3 Å².